The smallest absolute Gasteiger partial charge is 0.327 e. The number of thioether (sulfide) groups is 1. The summed E-state index contributed by atoms with van der Waals surface area (Å²) in [4.78, 5) is 32.6. The van der Waals surface area contributed by atoms with Gasteiger partial charge < -0.3 is 15.2 Å². The van der Waals surface area contributed by atoms with Crippen molar-refractivity contribution in [2.24, 2.45) is 0 Å². The average Bonchev–Trinajstić information content (AvgIpc) is 2.42. The van der Waals surface area contributed by atoms with Crippen LogP contribution in [0.2, 0.25) is 0 Å². The van der Waals surface area contributed by atoms with Crippen molar-refractivity contribution in [1.29, 1.82) is 0 Å². The first-order chi connectivity index (χ1) is 9.85. The van der Waals surface area contributed by atoms with E-state index < -0.39 is 22.8 Å². The first-order valence-electron chi connectivity index (χ1n) is 5.80. The summed E-state index contributed by atoms with van der Waals surface area (Å²) in [5.41, 5.74) is -0.175. The van der Waals surface area contributed by atoms with Gasteiger partial charge in [0.05, 0.1) is 23.0 Å². The number of ether oxygens (including phenoxy) is 1. The van der Waals surface area contributed by atoms with Gasteiger partial charge in [-0.2, -0.15) is 0 Å². The molecule has 9 heteroatoms. The van der Waals surface area contributed by atoms with Gasteiger partial charge in [-0.05, 0) is 12.1 Å². The third-order valence-electron chi connectivity index (χ3n) is 2.44. The van der Waals surface area contributed by atoms with Gasteiger partial charge >= 0.3 is 5.97 Å². The van der Waals surface area contributed by atoms with Gasteiger partial charge in [-0.15, -0.1) is 11.8 Å². The van der Waals surface area contributed by atoms with E-state index in [-0.39, 0.29) is 11.4 Å². The second kappa shape index (κ2) is 7.48. The number of carbonyl (C=O) groups excluding carboxylic acids is 1. The van der Waals surface area contributed by atoms with Crippen LogP contribution in [-0.4, -0.2) is 40.8 Å². The number of methoxy groups -OCH3 is 1. The molecule has 8 nitrogen and oxygen atoms in total. The molecule has 0 spiro atoms. The molecule has 0 fully saturated rings. The van der Waals surface area contributed by atoms with Crippen LogP contribution in [0.4, 0.5) is 5.69 Å². The molecule has 21 heavy (non-hydrogen) atoms. The fraction of sp³-hybridized carbons (Fsp3) is 0.333. The van der Waals surface area contributed by atoms with E-state index in [0.29, 0.717) is 10.6 Å². The van der Waals surface area contributed by atoms with Crippen molar-refractivity contribution in [3.8, 4) is 5.75 Å². The number of nitrogens with zero attached hydrogens (tertiary/aromatic N) is 1. The quantitative estimate of drug-likeness (QED) is 0.442. The van der Waals surface area contributed by atoms with Crippen molar-refractivity contribution < 1.29 is 24.4 Å². The molecule has 0 aliphatic rings. The summed E-state index contributed by atoms with van der Waals surface area (Å²) in [6.07, 6.45) is 0. The van der Waals surface area contributed by atoms with Crippen molar-refractivity contribution in [2.75, 3.05) is 12.9 Å². The van der Waals surface area contributed by atoms with Gasteiger partial charge in [-0.25, -0.2) is 4.79 Å². The van der Waals surface area contributed by atoms with Crippen molar-refractivity contribution in [1.82, 2.24) is 5.32 Å². The van der Waals surface area contributed by atoms with E-state index in [1.54, 1.807) is 6.07 Å². The van der Waals surface area contributed by atoms with Gasteiger partial charge in [0.15, 0.2) is 0 Å². The van der Waals surface area contributed by atoms with Crippen LogP contribution in [0.5, 0.6) is 5.75 Å². The van der Waals surface area contributed by atoms with E-state index in [1.165, 1.54) is 26.2 Å². The number of rotatable bonds is 7. The van der Waals surface area contributed by atoms with E-state index in [1.807, 2.05) is 0 Å². The van der Waals surface area contributed by atoms with E-state index in [4.69, 9.17) is 9.84 Å². The van der Waals surface area contributed by atoms with E-state index >= 15 is 0 Å². The van der Waals surface area contributed by atoms with Crippen molar-refractivity contribution in [3.05, 3.63) is 28.3 Å². The highest BCUT2D eigenvalue weighted by atomic mass is 32.2. The molecule has 0 heterocycles. The molecular formula is C12H14N2O6S. The molecule has 0 saturated carbocycles. The molecule has 0 aliphatic carbocycles. The lowest BCUT2D eigenvalue weighted by atomic mass is 10.3. The minimum absolute atomic E-state index is 0.0257. The van der Waals surface area contributed by atoms with Crippen LogP contribution in [0.25, 0.3) is 0 Å². The Morgan fingerprint density at radius 3 is 2.67 bits per heavy atom. The van der Waals surface area contributed by atoms with Crippen LogP contribution in [0, 0.1) is 10.1 Å². The average molecular weight is 314 g/mol. The number of benzene rings is 1. The third-order valence-corrected chi connectivity index (χ3v) is 3.60. The van der Waals surface area contributed by atoms with Crippen LogP contribution < -0.4 is 10.1 Å². The standard InChI is InChI=1S/C12H14N2O6S/c1-7(15)13-9(12(16)17)6-21-11-4-3-8(20-2)5-10(11)14(18)19/h3-5,9H,6H2,1-2H3,(H,13,15)(H,16,17)/t9-/m0/s1. The number of carboxylic acid groups (broad SMARTS) is 1. The molecule has 0 aromatic heterocycles. The fourth-order valence-electron chi connectivity index (χ4n) is 1.48. The highest BCUT2D eigenvalue weighted by Crippen LogP contribution is 2.32. The summed E-state index contributed by atoms with van der Waals surface area (Å²) in [6.45, 7) is 1.20. The summed E-state index contributed by atoms with van der Waals surface area (Å²) in [6, 6.07) is 3.17. The molecule has 0 saturated heterocycles. The molecule has 1 atom stereocenters. The maximum absolute atomic E-state index is 11.0. The molecule has 0 radical (unpaired) electrons. The Labute approximate surface area is 124 Å². The molecule has 2 N–H and O–H groups in total. The van der Waals surface area contributed by atoms with Crippen molar-refractivity contribution >= 4 is 29.3 Å². The molecule has 1 amide bonds. The van der Waals surface area contributed by atoms with E-state index in [0.717, 1.165) is 11.8 Å². The lowest BCUT2D eigenvalue weighted by Crippen LogP contribution is -2.41. The SMILES string of the molecule is COc1ccc(SC[C@H](NC(C)=O)C(=O)O)c([N+](=O)[O-])c1. The topological polar surface area (TPSA) is 119 Å². The number of nitrogens with one attached hydrogen (secondary N) is 1. The summed E-state index contributed by atoms with van der Waals surface area (Å²) in [5.74, 6) is -1.37. The summed E-state index contributed by atoms with van der Waals surface area (Å²) in [7, 11) is 1.39. The normalized spacial score (nSPS) is 11.5. The fourth-order valence-corrected chi connectivity index (χ4v) is 2.50. The van der Waals surface area contributed by atoms with Crippen molar-refractivity contribution in [3.63, 3.8) is 0 Å². The third kappa shape index (κ3) is 4.95. The molecule has 0 unspecified atom stereocenters. The maximum atomic E-state index is 11.0. The highest BCUT2D eigenvalue weighted by molar-refractivity contribution is 7.99. The number of carbonyl (C=O) groups is 2. The molecule has 0 bridgehead atoms. The molecule has 0 aliphatic heterocycles. The zero-order valence-electron chi connectivity index (χ0n) is 11.4. The summed E-state index contributed by atoms with van der Waals surface area (Å²) >= 11 is 0.980. The molecule has 1 aromatic rings. The Balaban J connectivity index is 2.89. The maximum Gasteiger partial charge on any atom is 0.327 e. The lowest BCUT2D eigenvalue weighted by molar-refractivity contribution is -0.387. The molecule has 1 aromatic carbocycles. The van der Waals surface area contributed by atoms with Gasteiger partial charge in [0.25, 0.3) is 5.69 Å². The second-order valence-corrected chi connectivity index (χ2v) is 5.05. The lowest BCUT2D eigenvalue weighted by Gasteiger charge is -2.13. The zero-order valence-corrected chi connectivity index (χ0v) is 12.2. The summed E-state index contributed by atoms with van der Waals surface area (Å²) in [5, 5.41) is 22.2. The van der Waals surface area contributed by atoms with Crippen molar-refractivity contribution in [2.45, 2.75) is 17.9 Å². The molecular weight excluding hydrogens is 300 g/mol. The zero-order chi connectivity index (χ0) is 16.0. The minimum Gasteiger partial charge on any atom is -0.497 e. The number of nitro groups is 1. The monoisotopic (exact) mass is 314 g/mol. The largest absolute Gasteiger partial charge is 0.497 e. The Bertz CT molecular complexity index is 563. The predicted octanol–water partition coefficient (Wildman–Crippen LogP) is 1.28. The summed E-state index contributed by atoms with van der Waals surface area (Å²) < 4.78 is 4.91. The minimum atomic E-state index is -1.20. The number of carboxylic acids is 1. The first kappa shape index (κ1) is 16.8. The van der Waals surface area contributed by atoms with Gasteiger partial charge in [0.1, 0.15) is 11.8 Å². The Hall–Kier alpha value is -2.29. The Morgan fingerprint density at radius 2 is 2.19 bits per heavy atom. The van der Waals surface area contributed by atoms with Gasteiger partial charge in [-0.3, -0.25) is 14.9 Å². The predicted molar refractivity (Wildman–Crippen MR) is 75.6 cm³/mol. The van der Waals surface area contributed by atoms with Gasteiger partial charge in [0.2, 0.25) is 5.91 Å². The number of hydrogen-bond donors (Lipinski definition) is 2. The van der Waals surface area contributed by atoms with Crippen LogP contribution in [-0.2, 0) is 9.59 Å². The number of amides is 1. The van der Waals surface area contributed by atoms with Gasteiger partial charge in [-0.1, -0.05) is 0 Å². The Morgan fingerprint density at radius 1 is 1.52 bits per heavy atom. The van der Waals surface area contributed by atoms with Crippen LogP contribution in [0.15, 0.2) is 23.1 Å². The van der Waals surface area contributed by atoms with Crippen LogP contribution in [0.1, 0.15) is 6.92 Å². The number of nitro benzene ring substituents is 1. The first-order valence-corrected chi connectivity index (χ1v) is 6.79. The number of aliphatic carboxylic acids is 1. The van der Waals surface area contributed by atoms with Crippen LogP contribution >= 0.6 is 11.8 Å². The highest BCUT2D eigenvalue weighted by Gasteiger charge is 2.22. The van der Waals surface area contributed by atoms with Crippen LogP contribution in [0.3, 0.4) is 0 Å². The molecule has 1 rings (SSSR count). The van der Waals surface area contributed by atoms with E-state index in [9.17, 15) is 19.7 Å². The Kier molecular flexibility index (Phi) is 5.97. The van der Waals surface area contributed by atoms with Gasteiger partial charge in [0, 0.05) is 12.7 Å². The molecule has 114 valence electrons. The number of hydrogen-bond acceptors (Lipinski definition) is 6. The second-order valence-electron chi connectivity index (χ2n) is 3.99. The van der Waals surface area contributed by atoms with E-state index in [2.05, 4.69) is 5.32 Å².